The highest BCUT2D eigenvalue weighted by Gasteiger charge is 2.50. The summed E-state index contributed by atoms with van der Waals surface area (Å²) in [6.45, 7) is 3.60. The maximum atomic E-state index is 13.4. The minimum Gasteiger partial charge on any atom is -0.396 e. The number of carbonyl (C=O) groups excluding carboxylic acids is 1. The number of aryl methyl sites for hydroxylation is 1. The van der Waals surface area contributed by atoms with E-state index in [0.29, 0.717) is 38.3 Å². The number of carbonyl (C=O) groups is 1. The Labute approximate surface area is 183 Å². The third-order valence-electron chi connectivity index (χ3n) is 6.67. The van der Waals surface area contributed by atoms with Crippen LogP contribution in [0, 0.1) is 29.6 Å². The normalized spacial score (nSPS) is 23.2. The first-order valence-electron chi connectivity index (χ1n) is 10.4. The smallest absolute Gasteiger partial charge is 0.396 e. The van der Waals surface area contributed by atoms with Gasteiger partial charge in [-0.25, -0.2) is 0 Å². The van der Waals surface area contributed by atoms with Gasteiger partial charge in [0.1, 0.15) is 6.54 Å². The van der Waals surface area contributed by atoms with E-state index in [1.165, 1.54) is 12.1 Å². The number of nitrogens with zero attached hydrogens (tertiary/aromatic N) is 5. The number of alkyl halides is 3. The Kier molecular flexibility index (Phi) is 5.63. The zero-order valence-electron chi connectivity index (χ0n) is 17.6. The molecule has 3 heterocycles. The van der Waals surface area contributed by atoms with Crippen molar-refractivity contribution in [1.82, 2.24) is 14.7 Å². The van der Waals surface area contributed by atoms with Crippen molar-refractivity contribution in [3.63, 3.8) is 0 Å². The lowest BCUT2D eigenvalue weighted by atomic mass is 9.73. The molecule has 1 aromatic carbocycles. The van der Waals surface area contributed by atoms with E-state index in [0.717, 1.165) is 11.8 Å². The lowest BCUT2D eigenvalue weighted by Crippen LogP contribution is -2.51. The Bertz CT molecular complexity index is 1060. The Morgan fingerprint density at radius 2 is 2.12 bits per heavy atom. The zero-order valence-corrected chi connectivity index (χ0v) is 17.6. The van der Waals surface area contributed by atoms with E-state index in [4.69, 9.17) is 5.26 Å². The van der Waals surface area contributed by atoms with Crippen LogP contribution in [0.15, 0.2) is 30.5 Å². The van der Waals surface area contributed by atoms with Crippen LogP contribution in [-0.4, -0.2) is 58.5 Å². The van der Waals surface area contributed by atoms with Gasteiger partial charge in [0.2, 0.25) is 5.91 Å². The number of amides is 1. The lowest BCUT2D eigenvalue weighted by molar-refractivity contribution is -0.138. The Balaban J connectivity index is 1.52. The number of piperidine rings is 1. The van der Waals surface area contributed by atoms with Gasteiger partial charge in [-0.15, -0.1) is 0 Å². The van der Waals surface area contributed by atoms with Crippen molar-refractivity contribution in [2.45, 2.75) is 26.1 Å². The molecule has 0 saturated carbocycles. The summed E-state index contributed by atoms with van der Waals surface area (Å²) in [7, 11) is 0. The van der Waals surface area contributed by atoms with E-state index >= 15 is 0 Å². The molecule has 0 unspecified atom stereocenters. The number of aliphatic hydroxyl groups is 1. The van der Waals surface area contributed by atoms with Crippen molar-refractivity contribution in [3.8, 4) is 6.07 Å². The summed E-state index contributed by atoms with van der Waals surface area (Å²) < 4.78 is 41.8. The molecule has 10 heteroatoms. The molecule has 2 saturated heterocycles. The molecule has 0 radical (unpaired) electrons. The van der Waals surface area contributed by atoms with E-state index < -0.39 is 22.7 Å². The number of hydrogen-bond acceptors (Lipinski definition) is 5. The second kappa shape index (κ2) is 8.13. The van der Waals surface area contributed by atoms with Gasteiger partial charge >= 0.3 is 6.18 Å². The fourth-order valence-electron chi connectivity index (χ4n) is 4.82. The first kappa shape index (κ1) is 22.1. The van der Waals surface area contributed by atoms with E-state index in [2.05, 4.69) is 5.10 Å². The number of hydrogen-bond donors (Lipinski definition) is 1. The number of halogens is 3. The molecular weight excluding hydrogens is 423 g/mol. The van der Waals surface area contributed by atoms with Crippen LogP contribution in [0.5, 0.6) is 0 Å². The summed E-state index contributed by atoms with van der Waals surface area (Å²) in [5.41, 5.74) is -0.672. The third-order valence-corrected chi connectivity index (χ3v) is 6.67. The average Bonchev–Trinajstić information content (AvgIpc) is 3.35. The minimum atomic E-state index is -4.63. The van der Waals surface area contributed by atoms with Crippen molar-refractivity contribution < 1.29 is 23.1 Å². The van der Waals surface area contributed by atoms with Crippen molar-refractivity contribution >= 4 is 11.6 Å². The van der Waals surface area contributed by atoms with Crippen LogP contribution in [0.4, 0.5) is 18.9 Å². The largest absolute Gasteiger partial charge is 0.417 e. The first-order valence-corrected chi connectivity index (χ1v) is 10.4. The maximum Gasteiger partial charge on any atom is 0.417 e. The van der Waals surface area contributed by atoms with Gasteiger partial charge in [-0.1, -0.05) is 0 Å². The van der Waals surface area contributed by atoms with Gasteiger partial charge in [-0.2, -0.15) is 23.5 Å². The Morgan fingerprint density at radius 1 is 1.34 bits per heavy atom. The molecule has 0 aliphatic carbocycles. The maximum absolute atomic E-state index is 13.4. The van der Waals surface area contributed by atoms with Crippen LogP contribution in [0.25, 0.3) is 0 Å². The minimum absolute atomic E-state index is 0.0733. The predicted octanol–water partition coefficient (Wildman–Crippen LogP) is 2.43. The van der Waals surface area contributed by atoms with Gasteiger partial charge in [0.15, 0.2) is 0 Å². The molecule has 2 fully saturated rings. The monoisotopic (exact) mass is 447 g/mol. The molecule has 2 aliphatic heterocycles. The molecule has 2 aromatic rings. The molecule has 7 nitrogen and oxygen atoms in total. The number of aromatic nitrogens is 2. The molecule has 0 bridgehead atoms. The standard InChI is InChI=1S/C22H24F3N5O2/c1-15-4-6-30(27-15)12-20(32)28-7-5-21(14-31)13-29(11-17(21)10-28)18-3-2-16(9-26)19(8-18)22(23,24)25/h2-4,6,8,17,31H,5,7,10-14H2,1H3/t17-,21+/m1/s1. The van der Waals surface area contributed by atoms with Crippen LogP contribution in [-0.2, 0) is 17.5 Å². The van der Waals surface area contributed by atoms with Gasteiger partial charge in [0.05, 0.1) is 29.5 Å². The van der Waals surface area contributed by atoms with Gasteiger partial charge in [0.25, 0.3) is 0 Å². The van der Waals surface area contributed by atoms with Crippen LogP contribution in [0.2, 0.25) is 0 Å². The SMILES string of the molecule is Cc1ccn(CC(=O)N2CC[C@@]3(CO)CN(c4ccc(C#N)c(C(F)(F)F)c4)C[C@H]3C2)n1. The number of benzene rings is 1. The molecule has 1 amide bonds. The van der Waals surface area contributed by atoms with Crippen molar-refractivity contribution in [2.24, 2.45) is 11.3 Å². The van der Waals surface area contributed by atoms with E-state index in [9.17, 15) is 23.1 Å². The van der Waals surface area contributed by atoms with Crippen molar-refractivity contribution in [2.75, 3.05) is 37.7 Å². The Hall–Kier alpha value is -3.06. The van der Waals surface area contributed by atoms with Gasteiger partial charge in [0, 0.05) is 49.4 Å². The molecule has 4 rings (SSSR count). The van der Waals surface area contributed by atoms with Gasteiger partial charge in [-0.3, -0.25) is 9.48 Å². The van der Waals surface area contributed by atoms with Gasteiger partial charge < -0.3 is 14.9 Å². The van der Waals surface area contributed by atoms with Crippen molar-refractivity contribution in [3.05, 3.63) is 47.3 Å². The number of nitriles is 1. The molecular formula is C22H24F3N5O2. The number of likely N-dealkylation sites (tertiary alicyclic amines) is 1. The Morgan fingerprint density at radius 3 is 2.75 bits per heavy atom. The van der Waals surface area contributed by atoms with E-state index in [1.807, 2.05) is 17.9 Å². The van der Waals surface area contributed by atoms with E-state index in [-0.39, 0.29) is 25.0 Å². The third kappa shape index (κ3) is 4.05. The second-order valence-electron chi connectivity index (χ2n) is 8.68. The zero-order chi connectivity index (χ0) is 23.1. The van der Waals surface area contributed by atoms with E-state index in [1.54, 1.807) is 21.8 Å². The molecule has 2 atom stereocenters. The number of anilines is 1. The summed E-state index contributed by atoms with van der Waals surface area (Å²) in [6.07, 6.45) is -2.32. The summed E-state index contributed by atoms with van der Waals surface area (Å²) in [5.74, 6) is -0.148. The molecule has 170 valence electrons. The van der Waals surface area contributed by atoms with Crippen molar-refractivity contribution in [1.29, 1.82) is 5.26 Å². The molecule has 1 N–H and O–H groups in total. The molecule has 1 aromatic heterocycles. The summed E-state index contributed by atoms with van der Waals surface area (Å²) in [5, 5.41) is 23.5. The lowest BCUT2D eigenvalue weighted by Gasteiger charge is -2.42. The van der Waals surface area contributed by atoms with Crippen LogP contribution in [0.3, 0.4) is 0 Å². The number of rotatable bonds is 4. The van der Waals surface area contributed by atoms with Crippen LogP contribution in [0.1, 0.15) is 23.2 Å². The average molecular weight is 447 g/mol. The summed E-state index contributed by atoms with van der Waals surface area (Å²) >= 11 is 0. The predicted molar refractivity (Wildman–Crippen MR) is 110 cm³/mol. The fourth-order valence-corrected chi connectivity index (χ4v) is 4.82. The quantitative estimate of drug-likeness (QED) is 0.778. The number of aliphatic hydroxyl groups excluding tert-OH is 1. The summed E-state index contributed by atoms with van der Waals surface area (Å²) in [4.78, 5) is 16.3. The molecule has 0 spiro atoms. The highest BCUT2D eigenvalue weighted by atomic mass is 19.4. The number of fused-ring (bicyclic) bond motifs is 1. The molecule has 2 aliphatic rings. The fraction of sp³-hybridized carbons (Fsp3) is 0.500. The van der Waals surface area contributed by atoms with Crippen LogP contribution >= 0.6 is 0 Å². The summed E-state index contributed by atoms with van der Waals surface area (Å²) in [6, 6.07) is 7.12. The van der Waals surface area contributed by atoms with Gasteiger partial charge in [-0.05, 0) is 37.6 Å². The molecule has 32 heavy (non-hydrogen) atoms. The topological polar surface area (TPSA) is 85.4 Å². The highest BCUT2D eigenvalue weighted by molar-refractivity contribution is 5.76. The van der Waals surface area contributed by atoms with Crippen LogP contribution < -0.4 is 4.90 Å². The first-order chi connectivity index (χ1) is 15.1. The second-order valence-corrected chi connectivity index (χ2v) is 8.68. The highest BCUT2D eigenvalue weighted by Crippen LogP contribution is 2.45.